The van der Waals surface area contributed by atoms with Gasteiger partial charge in [-0.2, -0.15) is 0 Å². The maximum absolute atomic E-state index is 11.9. The van der Waals surface area contributed by atoms with Crippen molar-refractivity contribution >= 4 is 43.5 Å². The van der Waals surface area contributed by atoms with Crippen LogP contribution in [0, 0.1) is 0 Å². The first-order valence-electron chi connectivity index (χ1n) is 5.18. The number of rotatable bonds is 2. The van der Waals surface area contributed by atoms with E-state index in [1.807, 2.05) is 0 Å². The lowest BCUT2D eigenvalue weighted by atomic mass is 10.1. The van der Waals surface area contributed by atoms with E-state index in [0.29, 0.717) is 10.6 Å². The molecule has 1 aromatic carbocycles. The highest BCUT2D eigenvalue weighted by Crippen LogP contribution is 2.37. The van der Waals surface area contributed by atoms with E-state index in [-0.39, 0.29) is 6.54 Å². The maximum Gasteiger partial charge on any atom is 0.259 e. The number of nitrogens with zero attached hydrogens (tertiary/aromatic N) is 1. The lowest BCUT2D eigenvalue weighted by Gasteiger charge is -2.43. The van der Waals surface area contributed by atoms with Crippen LogP contribution in [0.1, 0.15) is 19.4 Å². The van der Waals surface area contributed by atoms with E-state index >= 15 is 0 Å². The van der Waals surface area contributed by atoms with Crippen LogP contribution in [0.5, 0.6) is 0 Å². The summed E-state index contributed by atoms with van der Waals surface area (Å²) in [4.78, 5) is 11.8. The van der Waals surface area contributed by atoms with Gasteiger partial charge in [0.1, 0.15) is 0 Å². The average molecular weight is 353 g/mol. The molecule has 1 amide bonds. The van der Waals surface area contributed by atoms with Crippen molar-refractivity contribution in [2.45, 2.75) is 25.1 Å². The molecular weight excluding hydrogens is 342 g/mol. The molecule has 98 valence electrons. The zero-order valence-electron chi connectivity index (χ0n) is 9.78. The van der Waals surface area contributed by atoms with Crippen LogP contribution in [0.15, 0.2) is 22.7 Å². The minimum absolute atomic E-state index is 0.0172. The number of hydrogen-bond acceptors (Lipinski definition) is 3. The van der Waals surface area contributed by atoms with Gasteiger partial charge in [-0.1, -0.05) is 33.6 Å². The second-order valence-corrected chi connectivity index (χ2v) is 8.30. The molecule has 0 bridgehead atoms. The fraction of sp³-hybridized carbons (Fsp3) is 0.364. The van der Waals surface area contributed by atoms with Crippen molar-refractivity contribution in [2.75, 3.05) is 0 Å². The highest BCUT2D eigenvalue weighted by atomic mass is 79.9. The number of benzene rings is 1. The van der Waals surface area contributed by atoms with Gasteiger partial charge in [-0.3, -0.25) is 4.79 Å². The summed E-state index contributed by atoms with van der Waals surface area (Å²) in [6, 6.07) is 5.11. The summed E-state index contributed by atoms with van der Waals surface area (Å²) in [7, 11) is -3.56. The van der Waals surface area contributed by atoms with Crippen molar-refractivity contribution in [1.29, 1.82) is 0 Å². The monoisotopic (exact) mass is 351 g/mol. The molecule has 0 N–H and O–H groups in total. The standard InChI is InChI=1S/C11H11BrClNO3S/c1-11(2)10(15)14(18(11,16)17)6-7-3-4-8(12)5-9(7)13/h3-5H,6H2,1-2H3. The Morgan fingerprint density at radius 1 is 1.39 bits per heavy atom. The molecular formula is C11H11BrClNO3S. The number of halogens is 2. The Labute approximate surface area is 119 Å². The lowest BCUT2D eigenvalue weighted by molar-refractivity contribution is -0.132. The fourth-order valence-electron chi connectivity index (χ4n) is 1.72. The Morgan fingerprint density at radius 2 is 2.00 bits per heavy atom. The van der Waals surface area contributed by atoms with Crippen molar-refractivity contribution in [2.24, 2.45) is 0 Å². The second kappa shape index (κ2) is 4.21. The highest BCUT2D eigenvalue weighted by Gasteiger charge is 2.59. The molecule has 0 saturated carbocycles. The molecule has 1 aliphatic rings. The summed E-state index contributed by atoms with van der Waals surface area (Å²) in [6.45, 7) is 2.80. The van der Waals surface area contributed by atoms with Gasteiger partial charge >= 0.3 is 0 Å². The van der Waals surface area contributed by atoms with Gasteiger partial charge in [0.25, 0.3) is 15.9 Å². The third-order valence-electron chi connectivity index (χ3n) is 3.01. The number of hydrogen-bond donors (Lipinski definition) is 0. The summed E-state index contributed by atoms with van der Waals surface area (Å²) < 4.78 is 24.2. The van der Waals surface area contributed by atoms with E-state index in [2.05, 4.69) is 15.9 Å². The third-order valence-corrected chi connectivity index (χ3v) is 6.19. The Bertz CT molecular complexity index is 627. The summed E-state index contributed by atoms with van der Waals surface area (Å²) in [6.07, 6.45) is 0. The Morgan fingerprint density at radius 3 is 2.50 bits per heavy atom. The zero-order chi connectivity index (χ0) is 13.7. The van der Waals surface area contributed by atoms with Gasteiger partial charge in [0.15, 0.2) is 4.75 Å². The van der Waals surface area contributed by atoms with Crippen LogP contribution in [0.2, 0.25) is 5.02 Å². The van der Waals surface area contributed by atoms with Gasteiger partial charge < -0.3 is 0 Å². The molecule has 1 saturated heterocycles. The van der Waals surface area contributed by atoms with Gasteiger partial charge in [-0.15, -0.1) is 0 Å². The van der Waals surface area contributed by atoms with Crippen LogP contribution >= 0.6 is 27.5 Å². The van der Waals surface area contributed by atoms with Gasteiger partial charge in [0.2, 0.25) is 0 Å². The summed E-state index contributed by atoms with van der Waals surface area (Å²) in [5.41, 5.74) is 0.604. The van der Waals surface area contributed by atoms with Crippen LogP contribution in [-0.2, 0) is 21.4 Å². The Balaban J connectivity index is 2.30. The molecule has 0 aliphatic carbocycles. The fourth-order valence-corrected chi connectivity index (χ4v) is 3.96. The minimum atomic E-state index is -3.56. The summed E-state index contributed by atoms with van der Waals surface area (Å²) in [5.74, 6) is -0.401. The molecule has 4 nitrogen and oxygen atoms in total. The molecule has 2 rings (SSSR count). The highest BCUT2D eigenvalue weighted by molar-refractivity contribution is 9.10. The SMILES string of the molecule is CC1(C)C(=O)N(Cc2ccc(Br)cc2Cl)S1(=O)=O. The number of amides is 1. The first-order chi connectivity index (χ1) is 8.18. The van der Waals surface area contributed by atoms with Gasteiger partial charge in [-0.05, 0) is 31.5 Å². The van der Waals surface area contributed by atoms with Crippen LogP contribution in [-0.4, -0.2) is 23.4 Å². The number of carbonyl (C=O) groups excluding carboxylic acids is 1. The molecule has 7 heteroatoms. The summed E-state index contributed by atoms with van der Waals surface area (Å²) in [5, 5.41) is 0.428. The van der Waals surface area contributed by atoms with Gasteiger partial charge in [-0.25, -0.2) is 12.7 Å². The van der Waals surface area contributed by atoms with Crippen LogP contribution in [0.4, 0.5) is 0 Å². The van der Waals surface area contributed by atoms with E-state index in [4.69, 9.17) is 11.6 Å². The van der Waals surface area contributed by atoms with Crippen molar-refractivity contribution in [3.8, 4) is 0 Å². The van der Waals surface area contributed by atoms with E-state index in [0.717, 1.165) is 8.78 Å². The largest absolute Gasteiger partial charge is 0.272 e. The molecule has 0 atom stereocenters. The molecule has 1 fully saturated rings. The zero-order valence-corrected chi connectivity index (χ0v) is 12.9. The molecule has 18 heavy (non-hydrogen) atoms. The minimum Gasteiger partial charge on any atom is -0.272 e. The lowest BCUT2D eigenvalue weighted by Crippen LogP contribution is -2.66. The normalized spacial score (nSPS) is 20.7. The van der Waals surface area contributed by atoms with E-state index < -0.39 is 20.7 Å². The van der Waals surface area contributed by atoms with Crippen LogP contribution < -0.4 is 0 Å². The predicted molar refractivity (Wildman–Crippen MR) is 72.7 cm³/mol. The predicted octanol–water partition coefficient (Wildman–Crippen LogP) is 2.55. The van der Waals surface area contributed by atoms with E-state index in [9.17, 15) is 13.2 Å². The van der Waals surface area contributed by atoms with Crippen molar-refractivity contribution in [1.82, 2.24) is 4.31 Å². The van der Waals surface area contributed by atoms with Crippen LogP contribution in [0.3, 0.4) is 0 Å². The van der Waals surface area contributed by atoms with Gasteiger partial charge in [0, 0.05) is 9.50 Å². The average Bonchev–Trinajstić information content (AvgIpc) is 2.26. The molecule has 0 spiro atoms. The van der Waals surface area contributed by atoms with E-state index in [1.165, 1.54) is 13.8 Å². The first-order valence-corrected chi connectivity index (χ1v) is 7.79. The molecule has 0 aromatic heterocycles. The maximum atomic E-state index is 11.9. The Kier molecular flexibility index (Phi) is 3.24. The van der Waals surface area contributed by atoms with E-state index in [1.54, 1.807) is 18.2 Å². The van der Waals surface area contributed by atoms with Gasteiger partial charge in [0.05, 0.1) is 6.54 Å². The molecule has 1 aliphatic heterocycles. The van der Waals surface area contributed by atoms with Crippen molar-refractivity contribution in [3.63, 3.8) is 0 Å². The third kappa shape index (κ3) is 1.87. The first kappa shape index (κ1) is 13.8. The van der Waals surface area contributed by atoms with Crippen LogP contribution in [0.25, 0.3) is 0 Å². The summed E-state index contributed by atoms with van der Waals surface area (Å²) >= 11 is 9.27. The molecule has 0 radical (unpaired) electrons. The smallest absolute Gasteiger partial charge is 0.259 e. The quantitative estimate of drug-likeness (QED) is 0.822. The topological polar surface area (TPSA) is 54.5 Å². The Hall–Kier alpha value is -0.590. The van der Waals surface area contributed by atoms with Crippen molar-refractivity contribution in [3.05, 3.63) is 33.3 Å². The molecule has 1 heterocycles. The number of carbonyl (C=O) groups is 1. The molecule has 1 aromatic rings. The molecule has 0 unspecified atom stereocenters. The number of sulfonamides is 1. The second-order valence-electron chi connectivity index (χ2n) is 4.56. The van der Waals surface area contributed by atoms with Crippen molar-refractivity contribution < 1.29 is 13.2 Å².